The summed E-state index contributed by atoms with van der Waals surface area (Å²) in [5.74, 6) is 0. The lowest BCUT2D eigenvalue weighted by molar-refractivity contribution is -0.807. The molecule has 1 aliphatic rings. The quantitative estimate of drug-likeness (QED) is 0.577. The Morgan fingerprint density at radius 1 is 0.950 bits per heavy atom. The van der Waals surface area contributed by atoms with E-state index >= 15 is 0 Å². The zero-order valence-corrected chi connectivity index (χ0v) is 12.0. The molecule has 2 atom stereocenters. The second-order valence-electron chi connectivity index (χ2n) is 5.96. The van der Waals surface area contributed by atoms with Gasteiger partial charge in [0.15, 0.2) is 6.04 Å². The molecular formula is C18H22NO+. The molecule has 0 N–H and O–H groups in total. The molecule has 1 fully saturated rings. The lowest BCUT2D eigenvalue weighted by Gasteiger charge is -2.14. The summed E-state index contributed by atoms with van der Waals surface area (Å²) >= 11 is 0. The van der Waals surface area contributed by atoms with E-state index in [1.807, 2.05) is 6.07 Å². The molecule has 0 spiro atoms. The van der Waals surface area contributed by atoms with Crippen LogP contribution in [-0.4, -0.2) is 30.7 Å². The Bertz CT molecular complexity index is 540. The van der Waals surface area contributed by atoms with Crippen molar-refractivity contribution in [1.29, 1.82) is 0 Å². The number of hydrogen-bond acceptors (Lipinski definition) is 1. The second kappa shape index (κ2) is 5.78. The van der Waals surface area contributed by atoms with Crippen molar-refractivity contribution in [2.24, 2.45) is 0 Å². The van der Waals surface area contributed by atoms with Crippen molar-refractivity contribution >= 4 is 0 Å². The minimum absolute atomic E-state index is 0.652. The van der Waals surface area contributed by atoms with Crippen LogP contribution < -0.4 is 0 Å². The third kappa shape index (κ3) is 3.27. The Labute approximate surface area is 121 Å². The van der Waals surface area contributed by atoms with Crippen molar-refractivity contribution in [3.8, 4) is 0 Å². The van der Waals surface area contributed by atoms with Gasteiger partial charge in [-0.2, -0.15) is 0 Å². The molecule has 1 aliphatic heterocycles. The summed E-state index contributed by atoms with van der Waals surface area (Å²) in [4.78, 5) is 0. The Morgan fingerprint density at radius 3 is 2.20 bits per heavy atom. The lowest BCUT2D eigenvalue weighted by atomic mass is 10.2. The molecule has 104 valence electrons. The van der Waals surface area contributed by atoms with Gasteiger partial charge >= 0.3 is 0 Å². The van der Waals surface area contributed by atoms with Gasteiger partial charge < -0.3 is 9.22 Å². The fourth-order valence-corrected chi connectivity index (χ4v) is 2.75. The molecule has 0 aliphatic carbocycles. The van der Waals surface area contributed by atoms with Gasteiger partial charge in [-0.25, -0.2) is 0 Å². The van der Waals surface area contributed by atoms with Gasteiger partial charge in [0.1, 0.15) is 19.7 Å². The maximum atomic E-state index is 5.86. The predicted octanol–water partition coefficient (Wildman–Crippen LogP) is 3.23. The Kier molecular flexibility index (Phi) is 3.86. The van der Waals surface area contributed by atoms with E-state index in [4.69, 9.17) is 4.74 Å². The second-order valence-corrected chi connectivity index (χ2v) is 5.96. The van der Waals surface area contributed by atoms with E-state index in [1.165, 1.54) is 17.7 Å². The summed E-state index contributed by atoms with van der Waals surface area (Å²) in [6.07, 6.45) is 0. The maximum absolute atomic E-state index is 5.86. The van der Waals surface area contributed by atoms with Gasteiger partial charge in [-0.15, -0.1) is 0 Å². The molecule has 2 aromatic carbocycles. The van der Waals surface area contributed by atoms with Gasteiger partial charge in [0.05, 0.1) is 13.7 Å². The van der Waals surface area contributed by atoms with E-state index in [0.717, 1.165) is 24.2 Å². The van der Waals surface area contributed by atoms with Gasteiger partial charge in [0, 0.05) is 5.56 Å². The molecule has 0 saturated carbocycles. The number of nitrogens with zero attached hydrogens (tertiary/aromatic N) is 1. The molecule has 0 aromatic heterocycles. The molecule has 2 heteroatoms. The fraction of sp³-hybridized carbons (Fsp3) is 0.333. The molecule has 1 heterocycles. The first-order valence-corrected chi connectivity index (χ1v) is 7.26. The van der Waals surface area contributed by atoms with Crippen LogP contribution >= 0.6 is 0 Å². The standard InChI is InChI=1S/C18H22NO/c1-19(12-16-8-4-2-5-9-16)13-18(19)15-20-14-17-10-6-3-7-11-17/h2-11,18H,12-15H2,1H3/q+1/t18-,19+/m0/s1. The molecule has 0 bridgehead atoms. The Balaban J connectivity index is 1.45. The number of benzene rings is 2. The van der Waals surface area contributed by atoms with E-state index in [-0.39, 0.29) is 0 Å². The molecular weight excluding hydrogens is 246 g/mol. The molecule has 2 aromatic rings. The smallest absolute Gasteiger partial charge is 0.162 e. The first-order chi connectivity index (χ1) is 9.76. The first kappa shape index (κ1) is 13.3. The van der Waals surface area contributed by atoms with Gasteiger partial charge in [0.25, 0.3) is 0 Å². The molecule has 20 heavy (non-hydrogen) atoms. The minimum Gasteiger partial charge on any atom is -0.370 e. The van der Waals surface area contributed by atoms with E-state index in [9.17, 15) is 0 Å². The van der Waals surface area contributed by atoms with Crippen LogP contribution in [0.25, 0.3) is 0 Å². The number of ether oxygens (including phenoxy) is 1. The average molecular weight is 268 g/mol. The van der Waals surface area contributed by atoms with Crippen molar-refractivity contribution in [2.75, 3.05) is 20.2 Å². The van der Waals surface area contributed by atoms with Gasteiger partial charge in [0.2, 0.25) is 0 Å². The topological polar surface area (TPSA) is 9.23 Å². The number of quaternary nitrogens is 1. The molecule has 1 saturated heterocycles. The minimum atomic E-state index is 0.652. The van der Waals surface area contributed by atoms with E-state index in [0.29, 0.717) is 6.04 Å². The number of likely N-dealkylation sites (N-methyl/N-ethyl adjacent to an activating group) is 1. The summed E-state index contributed by atoms with van der Waals surface area (Å²) in [7, 11) is 2.32. The number of rotatable bonds is 6. The predicted molar refractivity (Wildman–Crippen MR) is 81.1 cm³/mol. The fourth-order valence-electron chi connectivity index (χ4n) is 2.75. The van der Waals surface area contributed by atoms with E-state index in [1.54, 1.807) is 0 Å². The zero-order chi connectivity index (χ0) is 13.8. The van der Waals surface area contributed by atoms with E-state index in [2.05, 4.69) is 61.6 Å². The third-order valence-corrected chi connectivity index (χ3v) is 4.18. The summed E-state index contributed by atoms with van der Waals surface area (Å²) in [6, 6.07) is 21.8. The highest BCUT2D eigenvalue weighted by Crippen LogP contribution is 2.31. The van der Waals surface area contributed by atoms with Crippen LogP contribution in [0, 0.1) is 0 Å². The molecule has 3 rings (SSSR count). The van der Waals surface area contributed by atoms with Crippen molar-refractivity contribution in [1.82, 2.24) is 0 Å². The van der Waals surface area contributed by atoms with Crippen molar-refractivity contribution in [3.63, 3.8) is 0 Å². The van der Waals surface area contributed by atoms with Crippen LogP contribution in [0.15, 0.2) is 60.7 Å². The summed E-state index contributed by atoms with van der Waals surface area (Å²) in [6.45, 7) is 3.92. The van der Waals surface area contributed by atoms with Crippen molar-refractivity contribution < 1.29 is 9.22 Å². The molecule has 0 amide bonds. The highest BCUT2D eigenvalue weighted by molar-refractivity contribution is 5.14. The Morgan fingerprint density at radius 2 is 1.55 bits per heavy atom. The highest BCUT2D eigenvalue weighted by Gasteiger charge is 2.50. The van der Waals surface area contributed by atoms with Crippen molar-refractivity contribution in [3.05, 3.63) is 71.8 Å². The SMILES string of the molecule is C[N@@+]1(Cc2ccccc2)C[C@H]1COCc1ccccc1. The monoisotopic (exact) mass is 268 g/mol. The summed E-state index contributed by atoms with van der Waals surface area (Å²) in [5, 5.41) is 0. The number of hydrogen-bond donors (Lipinski definition) is 0. The van der Waals surface area contributed by atoms with Crippen molar-refractivity contribution in [2.45, 2.75) is 19.2 Å². The van der Waals surface area contributed by atoms with Crippen LogP contribution in [0.2, 0.25) is 0 Å². The summed E-state index contributed by atoms with van der Waals surface area (Å²) < 4.78 is 6.97. The average Bonchev–Trinajstić information content (AvgIpc) is 3.11. The van der Waals surface area contributed by atoms with Gasteiger partial charge in [-0.3, -0.25) is 0 Å². The molecule has 2 nitrogen and oxygen atoms in total. The molecule has 0 unspecified atom stereocenters. The Hall–Kier alpha value is -1.64. The largest absolute Gasteiger partial charge is 0.370 e. The van der Waals surface area contributed by atoms with Crippen LogP contribution in [0.3, 0.4) is 0 Å². The zero-order valence-electron chi connectivity index (χ0n) is 12.0. The highest BCUT2D eigenvalue weighted by atomic mass is 16.5. The van der Waals surface area contributed by atoms with Gasteiger partial charge in [-0.05, 0) is 5.56 Å². The van der Waals surface area contributed by atoms with Crippen LogP contribution in [0.1, 0.15) is 11.1 Å². The lowest BCUT2D eigenvalue weighted by Crippen LogP contribution is -2.25. The molecule has 0 radical (unpaired) electrons. The van der Waals surface area contributed by atoms with Gasteiger partial charge in [-0.1, -0.05) is 60.7 Å². The summed E-state index contributed by atoms with van der Waals surface area (Å²) in [5.41, 5.74) is 2.67. The van der Waals surface area contributed by atoms with Crippen LogP contribution in [-0.2, 0) is 17.9 Å². The maximum Gasteiger partial charge on any atom is 0.162 e. The van der Waals surface area contributed by atoms with Crippen LogP contribution in [0.5, 0.6) is 0 Å². The van der Waals surface area contributed by atoms with E-state index < -0.39 is 0 Å². The third-order valence-electron chi connectivity index (χ3n) is 4.18. The first-order valence-electron chi connectivity index (χ1n) is 7.26. The normalized spacial score (nSPS) is 24.6. The van der Waals surface area contributed by atoms with Crippen LogP contribution in [0.4, 0.5) is 0 Å².